The van der Waals surface area contributed by atoms with Gasteiger partial charge in [0.15, 0.2) is 0 Å². The van der Waals surface area contributed by atoms with E-state index in [2.05, 4.69) is 28.2 Å². The third-order valence-electron chi connectivity index (χ3n) is 3.30. The molecule has 18 heavy (non-hydrogen) atoms. The second-order valence-corrected chi connectivity index (χ2v) is 5.60. The maximum Gasteiger partial charge on any atom is 0.251 e. The highest BCUT2D eigenvalue weighted by atomic mass is 79.9. The number of aromatic hydroxyl groups is 1. The van der Waals surface area contributed by atoms with Crippen molar-refractivity contribution in [2.24, 2.45) is 0 Å². The zero-order valence-electron chi connectivity index (χ0n) is 11.1. The Bertz CT molecular complexity index is 434. The molecule has 1 amide bonds. The predicted octanol–water partition coefficient (Wildman–Crippen LogP) is 3.38. The molecule has 2 N–H and O–H groups in total. The van der Waals surface area contributed by atoms with Gasteiger partial charge in [-0.2, -0.15) is 0 Å². The molecule has 100 valence electrons. The second-order valence-electron chi connectivity index (χ2n) is 4.81. The molecule has 0 radical (unpaired) electrons. The summed E-state index contributed by atoms with van der Waals surface area (Å²) in [5.41, 5.74) is 1.09. The summed E-state index contributed by atoms with van der Waals surface area (Å²) in [6.07, 6.45) is 1.76. The summed E-state index contributed by atoms with van der Waals surface area (Å²) in [6.45, 7) is 5.88. The molecule has 0 saturated heterocycles. The van der Waals surface area contributed by atoms with Gasteiger partial charge in [-0.15, -0.1) is 0 Å². The van der Waals surface area contributed by atoms with E-state index < -0.39 is 0 Å². The van der Waals surface area contributed by atoms with Crippen LogP contribution in [0.15, 0.2) is 18.2 Å². The zero-order chi connectivity index (χ0) is 13.8. The van der Waals surface area contributed by atoms with E-state index in [9.17, 15) is 9.90 Å². The van der Waals surface area contributed by atoms with Crippen LogP contribution in [0.5, 0.6) is 5.75 Å². The standard InChI is InChI=1S/C14H20BrNO2/c1-4-14(3,7-8-15)16-13(18)11-5-6-12(17)10(2)9-11/h5-6,9,17H,4,7-8H2,1-3H3,(H,16,18). The van der Waals surface area contributed by atoms with Gasteiger partial charge in [-0.25, -0.2) is 0 Å². The average Bonchev–Trinajstić information content (AvgIpc) is 2.32. The van der Waals surface area contributed by atoms with Crippen LogP contribution >= 0.6 is 15.9 Å². The van der Waals surface area contributed by atoms with Crippen molar-refractivity contribution >= 4 is 21.8 Å². The van der Waals surface area contributed by atoms with Crippen LogP contribution in [0.3, 0.4) is 0 Å². The van der Waals surface area contributed by atoms with Crippen LogP contribution in [0.1, 0.15) is 42.6 Å². The summed E-state index contributed by atoms with van der Waals surface area (Å²) in [6, 6.07) is 4.90. The minimum atomic E-state index is -0.202. The molecule has 0 bridgehead atoms. The number of halogens is 1. The Morgan fingerprint density at radius 1 is 1.50 bits per heavy atom. The number of amides is 1. The molecule has 0 saturated carbocycles. The first-order chi connectivity index (χ1) is 8.41. The molecule has 0 aliphatic heterocycles. The van der Waals surface area contributed by atoms with Crippen LogP contribution in [-0.2, 0) is 0 Å². The third-order valence-corrected chi connectivity index (χ3v) is 3.70. The van der Waals surface area contributed by atoms with Crippen molar-refractivity contribution in [2.45, 2.75) is 39.2 Å². The SMILES string of the molecule is CCC(C)(CCBr)NC(=O)c1ccc(O)c(C)c1. The van der Waals surface area contributed by atoms with Crippen LogP contribution in [0.25, 0.3) is 0 Å². The van der Waals surface area contributed by atoms with Gasteiger partial charge in [0.2, 0.25) is 0 Å². The van der Waals surface area contributed by atoms with Gasteiger partial charge in [-0.1, -0.05) is 22.9 Å². The first kappa shape index (κ1) is 15.0. The topological polar surface area (TPSA) is 49.3 Å². The molecule has 1 aromatic rings. The maximum atomic E-state index is 12.1. The highest BCUT2D eigenvalue weighted by Gasteiger charge is 2.24. The Morgan fingerprint density at radius 3 is 2.67 bits per heavy atom. The first-order valence-electron chi connectivity index (χ1n) is 6.10. The normalized spacial score (nSPS) is 14.0. The highest BCUT2D eigenvalue weighted by Crippen LogP contribution is 2.20. The summed E-state index contributed by atoms with van der Waals surface area (Å²) < 4.78 is 0. The average molecular weight is 314 g/mol. The van der Waals surface area contributed by atoms with E-state index >= 15 is 0 Å². The van der Waals surface area contributed by atoms with Crippen molar-refractivity contribution in [3.8, 4) is 5.75 Å². The number of phenols is 1. The van der Waals surface area contributed by atoms with Crippen LogP contribution in [0.4, 0.5) is 0 Å². The van der Waals surface area contributed by atoms with Crippen molar-refractivity contribution in [3.63, 3.8) is 0 Å². The maximum absolute atomic E-state index is 12.1. The second kappa shape index (κ2) is 6.23. The zero-order valence-corrected chi connectivity index (χ0v) is 12.7. The number of hydrogen-bond acceptors (Lipinski definition) is 2. The lowest BCUT2D eigenvalue weighted by Crippen LogP contribution is -2.45. The number of phenolic OH excluding ortho intramolecular Hbond substituents is 1. The largest absolute Gasteiger partial charge is 0.508 e. The number of nitrogens with one attached hydrogen (secondary N) is 1. The van der Waals surface area contributed by atoms with Crippen LogP contribution in [-0.4, -0.2) is 21.9 Å². The number of carbonyl (C=O) groups is 1. The molecule has 0 heterocycles. The molecule has 0 fully saturated rings. The molecule has 0 aliphatic carbocycles. The molecule has 1 aromatic carbocycles. The van der Waals surface area contributed by atoms with Crippen molar-refractivity contribution in [2.75, 3.05) is 5.33 Å². The van der Waals surface area contributed by atoms with Gasteiger partial charge < -0.3 is 10.4 Å². The van der Waals surface area contributed by atoms with Gasteiger partial charge in [-0.05, 0) is 50.5 Å². The molecular weight excluding hydrogens is 294 g/mol. The minimum absolute atomic E-state index is 0.0941. The van der Waals surface area contributed by atoms with Gasteiger partial charge in [0.05, 0.1) is 0 Å². The molecular formula is C14H20BrNO2. The van der Waals surface area contributed by atoms with E-state index in [1.54, 1.807) is 25.1 Å². The fraction of sp³-hybridized carbons (Fsp3) is 0.500. The quantitative estimate of drug-likeness (QED) is 0.819. The van der Waals surface area contributed by atoms with Gasteiger partial charge >= 0.3 is 0 Å². The molecule has 0 aliphatic rings. The predicted molar refractivity (Wildman–Crippen MR) is 77.4 cm³/mol. The van der Waals surface area contributed by atoms with E-state index in [0.29, 0.717) is 11.1 Å². The van der Waals surface area contributed by atoms with Crippen LogP contribution < -0.4 is 5.32 Å². The van der Waals surface area contributed by atoms with E-state index in [-0.39, 0.29) is 17.2 Å². The fourth-order valence-electron chi connectivity index (χ4n) is 1.68. The first-order valence-corrected chi connectivity index (χ1v) is 7.22. The Labute approximate surface area is 117 Å². The van der Waals surface area contributed by atoms with Crippen molar-refractivity contribution in [1.82, 2.24) is 5.32 Å². The highest BCUT2D eigenvalue weighted by molar-refractivity contribution is 9.09. The molecule has 1 rings (SSSR count). The van der Waals surface area contributed by atoms with Gasteiger partial charge in [-0.3, -0.25) is 4.79 Å². The Morgan fingerprint density at radius 2 is 2.17 bits per heavy atom. The number of hydrogen-bond donors (Lipinski definition) is 2. The van der Waals surface area contributed by atoms with Gasteiger partial charge in [0, 0.05) is 16.4 Å². The lowest BCUT2D eigenvalue weighted by atomic mass is 9.95. The van der Waals surface area contributed by atoms with Crippen molar-refractivity contribution in [3.05, 3.63) is 29.3 Å². The number of benzene rings is 1. The Hall–Kier alpha value is -1.03. The molecule has 0 spiro atoms. The number of aryl methyl sites for hydroxylation is 1. The van der Waals surface area contributed by atoms with E-state index in [1.807, 2.05) is 6.92 Å². The van der Waals surface area contributed by atoms with E-state index in [4.69, 9.17) is 0 Å². The smallest absolute Gasteiger partial charge is 0.251 e. The summed E-state index contributed by atoms with van der Waals surface area (Å²) in [7, 11) is 0. The van der Waals surface area contributed by atoms with Crippen molar-refractivity contribution < 1.29 is 9.90 Å². The Balaban J connectivity index is 2.84. The molecule has 0 aromatic heterocycles. The summed E-state index contributed by atoms with van der Waals surface area (Å²) in [5.74, 6) is 0.119. The van der Waals surface area contributed by atoms with E-state index in [0.717, 1.165) is 18.2 Å². The minimum Gasteiger partial charge on any atom is -0.508 e. The molecule has 1 atom stereocenters. The third kappa shape index (κ3) is 3.73. The van der Waals surface area contributed by atoms with Crippen LogP contribution in [0.2, 0.25) is 0 Å². The van der Waals surface area contributed by atoms with Crippen molar-refractivity contribution in [1.29, 1.82) is 0 Å². The lowest BCUT2D eigenvalue weighted by Gasteiger charge is -2.29. The number of alkyl halides is 1. The summed E-state index contributed by atoms with van der Waals surface area (Å²) in [5, 5.41) is 13.4. The van der Waals surface area contributed by atoms with E-state index in [1.165, 1.54) is 0 Å². The molecule has 1 unspecified atom stereocenters. The number of carbonyl (C=O) groups excluding carboxylic acids is 1. The monoisotopic (exact) mass is 313 g/mol. The Kier molecular flexibility index (Phi) is 5.20. The molecule has 3 nitrogen and oxygen atoms in total. The summed E-state index contributed by atoms with van der Waals surface area (Å²) >= 11 is 3.41. The fourth-order valence-corrected chi connectivity index (χ4v) is 2.55. The van der Waals surface area contributed by atoms with Crippen LogP contribution in [0, 0.1) is 6.92 Å². The molecule has 4 heteroatoms. The summed E-state index contributed by atoms with van der Waals surface area (Å²) in [4.78, 5) is 12.1. The lowest BCUT2D eigenvalue weighted by molar-refractivity contribution is 0.0901. The number of rotatable bonds is 5. The van der Waals surface area contributed by atoms with Gasteiger partial charge in [0.1, 0.15) is 5.75 Å². The van der Waals surface area contributed by atoms with Gasteiger partial charge in [0.25, 0.3) is 5.91 Å².